The summed E-state index contributed by atoms with van der Waals surface area (Å²) < 4.78 is 9.88. The van der Waals surface area contributed by atoms with Gasteiger partial charge in [-0.3, -0.25) is 4.79 Å². The maximum absolute atomic E-state index is 12.5. The Morgan fingerprint density at radius 2 is 1.50 bits per heavy atom. The van der Waals surface area contributed by atoms with Crippen molar-refractivity contribution in [2.75, 3.05) is 7.11 Å². The molecule has 0 saturated heterocycles. The second-order valence-electron chi connectivity index (χ2n) is 6.68. The number of rotatable bonds is 8. The van der Waals surface area contributed by atoms with Crippen LogP contribution in [0.2, 0.25) is 0 Å². The summed E-state index contributed by atoms with van der Waals surface area (Å²) in [6, 6.07) is 7.63. The summed E-state index contributed by atoms with van der Waals surface area (Å²) in [5, 5.41) is 5.21. The fraction of sp³-hybridized carbons (Fsp3) is 0.526. The van der Waals surface area contributed by atoms with Gasteiger partial charge in [-0.2, -0.15) is 0 Å². The van der Waals surface area contributed by atoms with Crippen molar-refractivity contribution in [3.05, 3.63) is 35.9 Å². The van der Waals surface area contributed by atoms with E-state index >= 15 is 0 Å². The number of carbonyl (C=O) groups excluding carboxylic acids is 3. The lowest BCUT2D eigenvalue weighted by Crippen LogP contribution is -2.55. The van der Waals surface area contributed by atoms with Crippen molar-refractivity contribution in [3.8, 4) is 0 Å². The molecule has 0 aliphatic carbocycles. The number of hydrogen-bond donors (Lipinski definition) is 2. The Morgan fingerprint density at radius 3 is 2.00 bits per heavy atom. The van der Waals surface area contributed by atoms with Crippen LogP contribution in [-0.4, -0.2) is 37.2 Å². The molecule has 144 valence electrons. The maximum Gasteiger partial charge on any atom is 0.408 e. The molecular formula is C19H28N2O5. The predicted octanol–water partition coefficient (Wildman–Crippen LogP) is 2.25. The molecule has 1 aromatic rings. The second-order valence-corrected chi connectivity index (χ2v) is 6.68. The normalized spacial score (nSPS) is 13.0. The molecule has 0 aliphatic heterocycles. The molecule has 0 unspecified atom stereocenters. The average molecular weight is 364 g/mol. The predicted molar refractivity (Wildman–Crippen MR) is 97.2 cm³/mol. The highest BCUT2D eigenvalue weighted by Crippen LogP contribution is 2.08. The summed E-state index contributed by atoms with van der Waals surface area (Å²) in [6.07, 6.45) is -0.693. The first kappa shape index (κ1) is 21.5. The van der Waals surface area contributed by atoms with Gasteiger partial charge in [-0.05, 0) is 17.4 Å². The number of amides is 2. The van der Waals surface area contributed by atoms with Gasteiger partial charge in [0.05, 0.1) is 7.11 Å². The fourth-order valence-electron chi connectivity index (χ4n) is 2.29. The van der Waals surface area contributed by atoms with E-state index in [4.69, 9.17) is 9.47 Å². The lowest BCUT2D eigenvalue weighted by Gasteiger charge is -2.25. The Hall–Kier alpha value is -2.57. The Labute approximate surface area is 154 Å². The molecule has 0 radical (unpaired) electrons. The minimum atomic E-state index is -0.829. The lowest BCUT2D eigenvalue weighted by atomic mass is 10.0. The number of benzene rings is 1. The zero-order valence-corrected chi connectivity index (χ0v) is 15.9. The van der Waals surface area contributed by atoms with Crippen LogP contribution in [-0.2, 0) is 25.7 Å². The van der Waals surface area contributed by atoms with E-state index in [1.54, 1.807) is 27.7 Å². The van der Waals surface area contributed by atoms with Gasteiger partial charge >= 0.3 is 12.1 Å². The summed E-state index contributed by atoms with van der Waals surface area (Å²) in [5.74, 6) is -1.32. The number of nitrogens with one attached hydrogen (secondary N) is 2. The van der Waals surface area contributed by atoms with Gasteiger partial charge in [0, 0.05) is 0 Å². The van der Waals surface area contributed by atoms with Crippen molar-refractivity contribution in [2.45, 2.75) is 46.4 Å². The monoisotopic (exact) mass is 364 g/mol. The van der Waals surface area contributed by atoms with Crippen LogP contribution in [0.3, 0.4) is 0 Å². The Bertz CT molecular complexity index is 601. The summed E-state index contributed by atoms with van der Waals surface area (Å²) >= 11 is 0. The van der Waals surface area contributed by atoms with Gasteiger partial charge < -0.3 is 20.1 Å². The molecule has 0 fully saturated rings. The number of ether oxygens (including phenoxy) is 2. The van der Waals surface area contributed by atoms with Crippen LogP contribution < -0.4 is 10.6 Å². The molecule has 2 N–H and O–H groups in total. The van der Waals surface area contributed by atoms with E-state index in [-0.39, 0.29) is 18.4 Å². The number of methoxy groups -OCH3 is 1. The topological polar surface area (TPSA) is 93.7 Å². The van der Waals surface area contributed by atoms with Crippen molar-refractivity contribution in [3.63, 3.8) is 0 Å². The van der Waals surface area contributed by atoms with Crippen LogP contribution in [0.25, 0.3) is 0 Å². The van der Waals surface area contributed by atoms with Crippen LogP contribution in [0.15, 0.2) is 30.3 Å². The van der Waals surface area contributed by atoms with Crippen molar-refractivity contribution >= 4 is 18.0 Å². The first-order valence-electron chi connectivity index (χ1n) is 8.61. The van der Waals surface area contributed by atoms with Gasteiger partial charge in [-0.25, -0.2) is 9.59 Å². The molecule has 0 heterocycles. The standard InChI is InChI=1S/C19H28N2O5/c1-12(2)15(17(22)20-16(13(3)4)18(23)25-5)21-19(24)26-11-14-9-7-6-8-10-14/h6-10,12-13,15-16H,11H2,1-5H3,(H,20,22)(H,21,24)/t15-,16-/m1/s1. The third-order valence-corrected chi connectivity index (χ3v) is 3.85. The molecule has 1 rings (SSSR count). The third-order valence-electron chi connectivity index (χ3n) is 3.85. The second kappa shape index (κ2) is 10.4. The minimum Gasteiger partial charge on any atom is -0.467 e. The molecule has 0 spiro atoms. The summed E-state index contributed by atoms with van der Waals surface area (Å²) in [5.41, 5.74) is 0.846. The quantitative estimate of drug-likeness (QED) is 0.690. The summed E-state index contributed by atoms with van der Waals surface area (Å²) in [4.78, 5) is 36.4. The molecule has 2 amide bonds. The molecule has 26 heavy (non-hydrogen) atoms. The molecule has 1 aromatic carbocycles. The Kier molecular flexibility index (Phi) is 8.61. The first-order valence-corrected chi connectivity index (χ1v) is 8.61. The third kappa shape index (κ3) is 6.74. The average Bonchev–Trinajstić information content (AvgIpc) is 2.61. The van der Waals surface area contributed by atoms with Crippen molar-refractivity contribution in [1.82, 2.24) is 10.6 Å². The van der Waals surface area contributed by atoms with Crippen molar-refractivity contribution in [1.29, 1.82) is 0 Å². The number of esters is 1. The molecule has 0 saturated carbocycles. The smallest absolute Gasteiger partial charge is 0.408 e. The van der Waals surface area contributed by atoms with E-state index in [0.29, 0.717) is 0 Å². The van der Waals surface area contributed by atoms with E-state index in [9.17, 15) is 14.4 Å². The Balaban J connectivity index is 2.67. The fourth-order valence-corrected chi connectivity index (χ4v) is 2.29. The van der Waals surface area contributed by atoms with Gasteiger partial charge in [0.15, 0.2) is 0 Å². The van der Waals surface area contributed by atoms with Crippen molar-refractivity contribution < 1.29 is 23.9 Å². The molecule has 0 aromatic heterocycles. The molecular weight excluding hydrogens is 336 g/mol. The van der Waals surface area contributed by atoms with E-state index in [2.05, 4.69) is 10.6 Å². The zero-order chi connectivity index (χ0) is 19.7. The van der Waals surface area contributed by atoms with Gasteiger partial charge in [-0.1, -0.05) is 58.0 Å². The largest absolute Gasteiger partial charge is 0.467 e. The summed E-state index contributed by atoms with van der Waals surface area (Å²) in [7, 11) is 1.27. The van der Waals surface area contributed by atoms with E-state index < -0.39 is 30.1 Å². The summed E-state index contributed by atoms with van der Waals surface area (Å²) in [6.45, 7) is 7.30. The SMILES string of the molecule is COC(=O)[C@H](NC(=O)[C@H](NC(=O)OCc1ccccc1)C(C)C)C(C)C. The number of hydrogen-bond acceptors (Lipinski definition) is 5. The highest BCUT2D eigenvalue weighted by atomic mass is 16.5. The molecule has 7 nitrogen and oxygen atoms in total. The van der Waals surface area contributed by atoms with Gasteiger partial charge in [0.25, 0.3) is 0 Å². The van der Waals surface area contributed by atoms with Crippen LogP contribution in [0.4, 0.5) is 4.79 Å². The number of alkyl carbamates (subject to hydrolysis) is 1. The molecule has 7 heteroatoms. The lowest BCUT2D eigenvalue weighted by molar-refractivity contribution is -0.146. The van der Waals surface area contributed by atoms with Crippen LogP contribution >= 0.6 is 0 Å². The van der Waals surface area contributed by atoms with E-state index in [1.807, 2.05) is 30.3 Å². The Morgan fingerprint density at radius 1 is 0.923 bits per heavy atom. The highest BCUT2D eigenvalue weighted by Gasteiger charge is 2.31. The molecule has 0 aliphatic rings. The van der Waals surface area contributed by atoms with E-state index in [0.717, 1.165) is 5.56 Å². The van der Waals surface area contributed by atoms with E-state index in [1.165, 1.54) is 7.11 Å². The maximum atomic E-state index is 12.5. The van der Waals surface area contributed by atoms with Gasteiger partial charge in [0.2, 0.25) is 5.91 Å². The van der Waals surface area contributed by atoms with Gasteiger partial charge in [0.1, 0.15) is 18.7 Å². The van der Waals surface area contributed by atoms with Crippen LogP contribution in [0.5, 0.6) is 0 Å². The molecule has 2 atom stereocenters. The number of carbonyl (C=O) groups is 3. The highest BCUT2D eigenvalue weighted by molar-refractivity contribution is 5.89. The van der Waals surface area contributed by atoms with Crippen LogP contribution in [0.1, 0.15) is 33.3 Å². The first-order chi connectivity index (χ1) is 12.3. The van der Waals surface area contributed by atoms with Crippen LogP contribution in [0, 0.1) is 11.8 Å². The van der Waals surface area contributed by atoms with Crippen molar-refractivity contribution in [2.24, 2.45) is 11.8 Å². The van der Waals surface area contributed by atoms with Gasteiger partial charge in [-0.15, -0.1) is 0 Å². The minimum absolute atomic E-state index is 0.107. The molecule has 0 bridgehead atoms. The zero-order valence-electron chi connectivity index (χ0n) is 15.9.